The fraction of sp³-hybridized carbons (Fsp3) is 0.529. The van der Waals surface area contributed by atoms with Crippen molar-refractivity contribution in [2.24, 2.45) is 0 Å². The number of phenolic OH excluding ortho intramolecular Hbond substituents is 1. The molecule has 2 aliphatic heterocycles. The third-order valence-corrected chi connectivity index (χ3v) is 4.45. The highest BCUT2D eigenvalue weighted by Gasteiger charge is 2.29. The van der Waals surface area contributed by atoms with Crippen molar-refractivity contribution < 1.29 is 19.4 Å². The zero-order chi connectivity index (χ0) is 16.2. The van der Waals surface area contributed by atoms with Crippen LogP contribution in [-0.2, 0) is 9.59 Å². The monoisotopic (exact) mass is 318 g/mol. The van der Waals surface area contributed by atoms with Gasteiger partial charge in [-0.05, 0) is 37.6 Å². The van der Waals surface area contributed by atoms with Gasteiger partial charge in [0.15, 0.2) is 0 Å². The molecule has 2 N–H and O–H groups in total. The Bertz CT molecular complexity index is 596. The van der Waals surface area contributed by atoms with Crippen molar-refractivity contribution in [2.75, 3.05) is 26.2 Å². The molecule has 2 aliphatic rings. The van der Waals surface area contributed by atoms with Crippen LogP contribution in [0.3, 0.4) is 0 Å². The number of hydrogen-bond acceptors (Lipinski definition) is 5. The van der Waals surface area contributed by atoms with Crippen LogP contribution in [0.25, 0.3) is 0 Å². The second-order valence-electron chi connectivity index (χ2n) is 6.20. The summed E-state index contributed by atoms with van der Waals surface area (Å²) >= 11 is 0. The maximum absolute atomic E-state index is 12.1. The molecule has 3 rings (SSSR count). The lowest BCUT2D eigenvalue weighted by Gasteiger charge is -2.24. The van der Waals surface area contributed by atoms with Crippen LogP contribution in [0.4, 0.5) is 0 Å². The highest BCUT2D eigenvalue weighted by atomic mass is 16.5. The predicted octanol–water partition coefficient (Wildman–Crippen LogP) is 1.39. The summed E-state index contributed by atoms with van der Waals surface area (Å²) in [5, 5.41) is 12.4. The van der Waals surface area contributed by atoms with E-state index in [4.69, 9.17) is 4.74 Å². The summed E-state index contributed by atoms with van der Waals surface area (Å²) in [6, 6.07) is 4.69. The number of benzene rings is 1. The molecular formula is C17H22N2O4. The van der Waals surface area contributed by atoms with Gasteiger partial charge in [0.25, 0.3) is 0 Å². The van der Waals surface area contributed by atoms with Crippen LogP contribution >= 0.6 is 0 Å². The van der Waals surface area contributed by atoms with Crippen LogP contribution in [-0.4, -0.2) is 48.1 Å². The van der Waals surface area contributed by atoms with E-state index in [0.717, 1.165) is 25.2 Å². The molecule has 1 unspecified atom stereocenters. The number of carbonyl (C=O) groups excluding carboxylic acids is 2. The van der Waals surface area contributed by atoms with E-state index in [9.17, 15) is 14.7 Å². The third-order valence-electron chi connectivity index (χ3n) is 4.45. The molecule has 0 aliphatic carbocycles. The second kappa shape index (κ2) is 7.00. The first-order chi connectivity index (χ1) is 11.1. The van der Waals surface area contributed by atoms with Gasteiger partial charge in [0.1, 0.15) is 11.5 Å². The van der Waals surface area contributed by atoms with Crippen molar-refractivity contribution in [3.63, 3.8) is 0 Å². The average Bonchev–Trinajstić information content (AvgIpc) is 2.99. The van der Waals surface area contributed by atoms with E-state index in [2.05, 4.69) is 10.2 Å². The molecule has 23 heavy (non-hydrogen) atoms. The lowest BCUT2D eigenvalue weighted by atomic mass is 9.89. The van der Waals surface area contributed by atoms with E-state index in [-0.39, 0.29) is 36.4 Å². The molecule has 1 atom stereocenters. The van der Waals surface area contributed by atoms with Crippen molar-refractivity contribution in [3.05, 3.63) is 23.8 Å². The molecule has 0 bridgehead atoms. The second-order valence-corrected chi connectivity index (χ2v) is 6.20. The van der Waals surface area contributed by atoms with Crippen molar-refractivity contribution in [2.45, 2.75) is 31.6 Å². The molecule has 1 saturated heterocycles. The summed E-state index contributed by atoms with van der Waals surface area (Å²) in [5.74, 6) is -0.206. The maximum atomic E-state index is 12.1. The van der Waals surface area contributed by atoms with Gasteiger partial charge in [-0.1, -0.05) is 6.07 Å². The summed E-state index contributed by atoms with van der Waals surface area (Å²) in [7, 11) is 0. The smallest absolute Gasteiger partial charge is 0.311 e. The minimum Gasteiger partial charge on any atom is -0.508 e. The molecule has 1 amide bonds. The Morgan fingerprint density at radius 1 is 1.35 bits per heavy atom. The molecule has 0 spiro atoms. The number of hydrogen-bond donors (Lipinski definition) is 2. The van der Waals surface area contributed by atoms with Gasteiger partial charge in [-0.3, -0.25) is 9.59 Å². The number of esters is 1. The van der Waals surface area contributed by atoms with Crippen LogP contribution in [0.1, 0.15) is 37.2 Å². The molecule has 1 fully saturated rings. The Morgan fingerprint density at radius 3 is 2.91 bits per heavy atom. The fourth-order valence-electron chi connectivity index (χ4n) is 3.26. The predicted molar refractivity (Wildman–Crippen MR) is 84.4 cm³/mol. The molecule has 0 aromatic heterocycles. The SMILES string of the molecule is O=C(CC1CC(=O)Oc2cc(O)ccc21)NCCN1CCCC1. The zero-order valence-corrected chi connectivity index (χ0v) is 13.1. The van der Waals surface area contributed by atoms with Crippen molar-refractivity contribution >= 4 is 11.9 Å². The van der Waals surface area contributed by atoms with E-state index in [0.29, 0.717) is 12.3 Å². The molecule has 6 nitrogen and oxygen atoms in total. The summed E-state index contributed by atoms with van der Waals surface area (Å²) in [5.41, 5.74) is 0.803. The lowest BCUT2D eigenvalue weighted by molar-refractivity contribution is -0.136. The van der Waals surface area contributed by atoms with Gasteiger partial charge in [0, 0.05) is 31.5 Å². The number of phenols is 1. The highest BCUT2D eigenvalue weighted by Crippen LogP contribution is 2.38. The maximum Gasteiger partial charge on any atom is 0.311 e. The number of nitrogens with one attached hydrogen (secondary N) is 1. The van der Waals surface area contributed by atoms with Gasteiger partial charge < -0.3 is 20.1 Å². The normalized spacial score (nSPS) is 20.9. The minimum atomic E-state index is -0.363. The largest absolute Gasteiger partial charge is 0.508 e. The van der Waals surface area contributed by atoms with E-state index >= 15 is 0 Å². The van der Waals surface area contributed by atoms with Gasteiger partial charge in [-0.2, -0.15) is 0 Å². The first-order valence-electron chi connectivity index (χ1n) is 8.14. The summed E-state index contributed by atoms with van der Waals surface area (Å²) in [4.78, 5) is 26.2. The van der Waals surface area contributed by atoms with Crippen molar-refractivity contribution in [3.8, 4) is 11.5 Å². The van der Waals surface area contributed by atoms with E-state index < -0.39 is 0 Å². The van der Waals surface area contributed by atoms with Crippen LogP contribution in [0.2, 0.25) is 0 Å². The third kappa shape index (κ3) is 4.01. The Labute approximate surface area is 135 Å². The Balaban J connectivity index is 1.54. The Morgan fingerprint density at radius 2 is 2.13 bits per heavy atom. The molecule has 2 heterocycles. The molecular weight excluding hydrogens is 296 g/mol. The molecule has 1 aromatic carbocycles. The van der Waals surface area contributed by atoms with Gasteiger partial charge >= 0.3 is 5.97 Å². The Hall–Kier alpha value is -2.08. The number of fused-ring (bicyclic) bond motifs is 1. The van der Waals surface area contributed by atoms with Crippen LogP contribution < -0.4 is 10.1 Å². The summed E-state index contributed by atoms with van der Waals surface area (Å²) in [6.45, 7) is 3.74. The van der Waals surface area contributed by atoms with Gasteiger partial charge in [-0.25, -0.2) is 0 Å². The molecule has 1 aromatic rings. The number of aromatic hydroxyl groups is 1. The Kier molecular flexibility index (Phi) is 4.81. The minimum absolute atomic E-state index is 0.0484. The van der Waals surface area contributed by atoms with Gasteiger partial charge in [0.2, 0.25) is 5.91 Å². The van der Waals surface area contributed by atoms with Crippen LogP contribution in [0.5, 0.6) is 11.5 Å². The summed E-state index contributed by atoms with van der Waals surface area (Å²) < 4.78 is 5.14. The number of carbonyl (C=O) groups is 2. The first-order valence-corrected chi connectivity index (χ1v) is 8.14. The van der Waals surface area contributed by atoms with Gasteiger partial charge in [-0.15, -0.1) is 0 Å². The van der Waals surface area contributed by atoms with E-state index in [1.807, 2.05) is 0 Å². The van der Waals surface area contributed by atoms with Gasteiger partial charge in [0.05, 0.1) is 6.42 Å². The fourth-order valence-corrected chi connectivity index (χ4v) is 3.26. The zero-order valence-electron chi connectivity index (χ0n) is 13.1. The molecule has 124 valence electrons. The van der Waals surface area contributed by atoms with Crippen LogP contribution in [0, 0.1) is 0 Å². The lowest BCUT2D eigenvalue weighted by Crippen LogP contribution is -2.34. The number of amides is 1. The topological polar surface area (TPSA) is 78.9 Å². The van der Waals surface area contributed by atoms with E-state index in [1.54, 1.807) is 12.1 Å². The van der Waals surface area contributed by atoms with Crippen molar-refractivity contribution in [1.82, 2.24) is 10.2 Å². The summed E-state index contributed by atoms with van der Waals surface area (Å²) in [6.07, 6.45) is 2.92. The highest BCUT2D eigenvalue weighted by molar-refractivity contribution is 5.81. The molecule has 0 saturated carbocycles. The average molecular weight is 318 g/mol. The van der Waals surface area contributed by atoms with Crippen molar-refractivity contribution in [1.29, 1.82) is 0 Å². The quantitative estimate of drug-likeness (QED) is 0.633. The number of rotatable bonds is 5. The van der Waals surface area contributed by atoms with E-state index in [1.165, 1.54) is 18.9 Å². The number of nitrogens with zero attached hydrogens (tertiary/aromatic N) is 1. The van der Waals surface area contributed by atoms with Crippen LogP contribution in [0.15, 0.2) is 18.2 Å². The standard InChI is InChI=1S/C17H22N2O4/c20-13-3-4-14-12(10-17(22)23-15(14)11-13)9-16(21)18-5-8-19-6-1-2-7-19/h3-4,11-12,20H,1-2,5-10H2,(H,18,21). The first kappa shape index (κ1) is 15.8. The molecule has 6 heteroatoms. The number of likely N-dealkylation sites (tertiary alicyclic amines) is 1. The molecule has 0 radical (unpaired) electrons. The number of ether oxygens (including phenoxy) is 1.